The van der Waals surface area contributed by atoms with Gasteiger partial charge in [0.25, 0.3) is 0 Å². The zero-order valence-electron chi connectivity index (χ0n) is 12.4. The van der Waals surface area contributed by atoms with Crippen molar-refractivity contribution in [1.29, 1.82) is 0 Å². The molecule has 0 radical (unpaired) electrons. The summed E-state index contributed by atoms with van der Waals surface area (Å²) in [4.78, 5) is 24.2. The second kappa shape index (κ2) is 7.89. The summed E-state index contributed by atoms with van der Waals surface area (Å²) in [6.45, 7) is 0.0197. The zero-order valence-corrected chi connectivity index (χ0v) is 14.8. The van der Waals surface area contributed by atoms with E-state index in [4.69, 9.17) is 21.5 Å². The molecule has 24 heavy (non-hydrogen) atoms. The first-order valence-corrected chi connectivity index (χ1v) is 9.65. The number of benzene rings is 1. The average molecular weight is 388 g/mol. The molecule has 0 aliphatic heterocycles. The third kappa shape index (κ3) is 4.88. The second-order valence-corrected chi connectivity index (χ2v) is 7.74. The predicted molar refractivity (Wildman–Crippen MR) is 91.0 cm³/mol. The van der Waals surface area contributed by atoms with Crippen LogP contribution in [-0.2, 0) is 14.8 Å². The van der Waals surface area contributed by atoms with Crippen molar-refractivity contribution in [3.8, 4) is 0 Å². The van der Waals surface area contributed by atoms with Crippen LogP contribution in [0.2, 0.25) is 5.02 Å². The Balaban J connectivity index is 1.92. The lowest BCUT2D eigenvalue weighted by molar-refractivity contribution is 0.0494. The Morgan fingerprint density at radius 2 is 2.00 bits per heavy atom. The zero-order chi connectivity index (χ0) is 17.7. The Morgan fingerprint density at radius 3 is 2.62 bits per heavy atom. The Bertz CT molecular complexity index is 847. The Labute approximate surface area is 148 Å². The summed E-state index contributed by atoms with van der Waals surface area (Å²) in [5.74, 6) is -0.788. The van der Waals surface area contributed by atoms with E-state index in [0.29, 0.717) is 11.3 Å². The molecule has 128 valence electrons. The maximum atomic E-state index is 12.0. The van der Waals surface area contributed by atoms with Gasteiger partial charge < -0.3 is 4.74 Å². The minimum Gasteiger partial charge on any atom is -0.462 e. The molecule has 0 spiro atoms. The van der Waals surface area contributed by atoms with Gasteiger partial charge in [0.1, 0.15) is 0 Å². The second-order valence-electron chi connectivity index (χ2n) is 4.83. The van der Waals surface area contributed by atoms with E-state index in [0.717, 1.165) is 6.07 Å². The average Bonchev–Trinajstić information content (AvgIpc) is 3.04. The SMILES string of the molecule is NS(=O)(=O)c1ccc(Cl)c(C(=O)OCCCC(=O)c2cccs2)c1. The van der Waals surface area contributed by atoms with Crippen molar-refractivity contribution >= 4 is 44.7 Å². The van der Waals surface area contributed by atoms with E-state index in [1.54, 1.807) is 12.1 Å². The number of carbonyl (C=O) groups excluding carboxylic acids is 2. The maximum Gasteiger partial charge on any atom is 0.339 e. The highest BCUT2D eigenvalue weighted by molar-refractivity contribution is 7.89. The number of hydrogen-bond acceptors (Lipinski definition) is 6. The number of ketones is 1. The molecule has 1 aromatic heterocycles. The van der Waals surface area contributed by atoms with Crippen molar-refractivity contribution in [2.45, 2.75) is 17.7 Å². The number of Topliss-reactive ketones (excluding diaryl/α,β-unsaturated/α-hetero) is 1. The van der Waals surface area contributed by atoms with E-state index in [-0.39, 0.29) is 34.3 Å². The molecule has 9 heteroatoms. The molecule has 0 saturated heterocycles. The number of hydrogen-bond donors (Lipinski definition) is 1. The molecule has 0 amide bonds. The highest BCUT2D eigenvalue weighted by Crippen LogP contribution is 2.21. The van der Waals surface area contributed by atoms with Crippen LogP contribution in [0.25, 0.3) is 0 Å². The molecule has 0 saturated carbocycles. The first-order valence-electron chi connectivity index (χ1n) is 6.85. The van der Waals surface area contributed by atoms with Crippen molar-refractivity contribution in [2.75, 3.05) is 6.61 Å². The quantitative estimate of drug-likeness (QED) is 0.447. The van der Waals surface area contributed by atoms with Crippen molar-refractivity contribution in [2.24, 2.45) is 5.14 Å². The summed E-state index contributed by atoms with van der Waals surface area (Å²) in [7, 11) is -3.95. The van der Waals surface area contributed by atoms with Crippen LogP contribution < -0.4 is 5.14 Å². The highest BCUT2D eigenvalue weighted by Gasteiger charge is 2.17. The number of esters is 1. The van der Waals surface area contributed by atoms with Crippen LogP contribution >= 0.6 is 22.9 Å². The van der Waals surface area contributed by atoms with E-state index in [1.165, 1.54) is 23.5 Å². The number of ether oxygens (including phenoxy) is 1. The number of nitrogens with two attached hydrogens (primary N) is 1. The van der Waals surface area contributed by atoms with Gasteiger partial charge in [0.15, 0.2) is 5.78 Å². The summed E-state index contributed by atoms with van der Waals surface area (Å²) < 4.78 is 27.7. The lowest BCUT2D eigenvalue weighted by Gasteiger charge is -2.07. The summed E-state index contributed by atoms with van der Waals surface area (Å²) in [5, 5.41) is 6.89. The predicted octanol–water partition coefficient (Wildman–Crippen LogP) is 2.87. The Hall–Kier alpha value is -1.74. The fourth-order valence-corrected chi connectivity index (χ4v) is 3.30. The summed E-state index contributed by atoms with van der Waals surface area (Å²) in [5.41, 5.74) is -0.0900. The number of primary sulfonamides is 1. The third-order valence-electron chi connectivity index (χ3n) is 3.06. The topological polar surface area (TPSA) is 104 Å². The molecular weight excluding hydrogens is 374 g/mol. The van der Waals surface area contributed by atoms with Gasteiger partial charge in [-0.15, -0.1) is 11.3 Å². The normalized spacial score (nSPS) is 11.2. The molecule has 2 rings (SSSR count). The molecule has 2 aromatic rings. The molecule has 1 aromatic carbocycles. The van der Waals surface area contributed by atoms with Gasteiger partial charge in [0.05, 0.1) is 27.0 Å². The molecule has 0 atom stereocenters. The van der Waals surface area contributed by atoms with Crippen molar-refractivity contribution in [1.82, 2.24) is 0 Å². The number of rotatable bonds is 7. The molecule has 0 bridgehead atoms. The maximum absolute atomic E-state index is 12.0. The lowest BCUT2D eigenvalue weighted by atomic mass is 10.2. The van der Waals surface area contributed by atoms with Crippen LogP contribution in [0.4, 0.5) is 0 Å². The fraction of sp³-hybridized carbons (Fsp3) is 0.200. The van der Waals surface area contributed by atoms with Gasteiger partial charge in [0.2, 0.25) is 10.0 Å². The Morgan fingerprint density at radius 1 is 1.25 bits per heavy atom. The third-order valence-corrected chi connectivity index (χ3v) is 5.22. The van der Waals surface area contributed by atoms with Crippen LogP contribution in [-0.4, -0.2) is 26.8 Å². The summed E-state index contributed by atoms with van der Waals surface area (Å²) in [6.07, 6.45) is 0.605. The van der Waals surface area contributed by atoms with Crippen molar-refractivity contribution in [3.05, 3.63) is 51.2 Å². The van der Waals surface area contributed by atoms with Gasteiger partial charge >= 0.3 is 5.97 Å². The van der Waals surface area contributed by atoms with Crippen LogP contribution in [0, 0.1) is 0 Å². The van der Waals surface area contributed by atoms with Gasteiger partial charge in [-0.1, -0.05) is 17.7 Å². The van der Waals surface area contributed by atoms with E-state index < -0.39 is 16.0 Å². The van der Waals surface area contributed by atoms with Crippen LogP contribution in [0.15, 0.2) is 40.6 Å². The van der Waals surface area contributed by atoms with Gasteiger partial charge in [-0.3, -0.25) is 4.79 Å². The number of sulfonamides is 1. The molecule has 1 heterocycles. The smallest absolute Gasteiger partial charge is 0.339 e. The summed E-state index contributed by atoms with van der Waals surface area (Å²) >= 11 is 7.24. The van der Waals surface area contributed by atoms with E-state index in [2.05, 4.69) is 0 Å². The van der Waals surface area contributed by atoms with Gasteiger partial charge in [0, 0.05) is 6.42 Å². The molecule has 0 aliphatic carbocycles. The lowest BCUT2D eigenvalue weighted by Crippen LogP contribution is -2.14. The number of thiophene rings is 1. The molecule has 0 fully saturated rings. The fourth-order valence-electron chi connectivity index (χ4n) is 1.87. The first-order chi connectivity index (χ1) is 11.3. The monoisotopic (exact) mass is 387 g/mol. The van der Waals surface area contributed by atoms with Gasteiger partial charge in [-0.25, -0.2) is 18.4 Å². The number of carbonyl (C=O) groups is 2. The van der Waals surface area contributed by atoms with Crippen LogP contribution in [0.1, 0.15) is 32.9 Å². The highest BCUT2D eigenvalue weighted by atomic mass is 35.5. The largest absolute Gasteiger partial charge is 0.462 e. The number of halogens is 1. The van der Waals surface area contributed by atoms with E-state index in [9.17, 15) is 18.0 Å². The minimum absolute atomic E-state index is 0.0182. The first kappa shape index (κ1) is 18.6. The van der Waals surface area contributed by atoms with E-state index >= 15 is 0 Å². The summed E-state index contributed by atoms with van der Waals surface area (Å²) in [6, 6.07) is 7.05. The molecule has 0 unspecified atom stereocenters. The minimum atomic E-state index is -3.95. The van der Waals surface area contributed by atoms with Crippen LogP contribution in [0.3, 0.4) is 0 Å². The van der Waals surface area contributed by atoms with Gasteiger partial charge in [-0.2, -0.15) is 0 Å². The van der Waals surface area contributed by atoms with E-state index in [1.807, 2.05) is 5.38 Å². The van der Waals surface area contributed by atoms with Gasteiger partial charge in [-0.05, 0) is 36.1 Å². The molecule has 2 N–H and O–H groups in total. The molecular formula is C15H14ClNO5S2. The molecule has 0 aliphatic rings. The molecule has 6 nitrogen and oxygen atoms in total. The van der Waals surface area contributed by atoms with Crippen LogP contribution in [0.5, 0.6) is 0 Å². The Kier molecular flexibility index (Phi) is 6.11. The van der Waals surface area contributed by atoms with Crippen molar-refractivity contribution in [3.63, 3.8) is 0 Å². The van der Waals surface area contributed by atoms with Crippen molar-refractivity contribution < 1.29 is 22.7 Å². The standard InChI is InChI=1S/C15H14ClNO5S2/c16-12-6-5-10(24(17,20)21)9-11(12)15(19)22-7-1-3-13(18)14-4-2-8-23-14/h2,4-6,8-9H,1,3,7H2,(H2,17,20,21).